The Morgan fingerprint density at radius 3 is 2.43 bits per heavy atom. The van der Waals surface area contributed by atoms with Gasteiger partial charge in [0.15, 0.2) is 11.6 Å². The summed E-state index contributed by atoms with van der Waals surface area (Å²) in [7, 11) is 0. The Hall–Kier alpha value is -2.27. The van der Waals surface area contributed by atoms with Crippen LogP contribution in [-0.2, 0) is 0 Å². The second-order valence-corrected chi connectivity index (χ2v) is 4.78. The topological polar surface area (TPSA) is 38.9 Å². The molecule has 0 radical (unpaired) electrons. The largest absolute Gasteiger partial charge is 0.419 e. The van der Waals surface area contributed by atoms with Gasteiger partial charge in [-0.2, -0.15) is 0 Å². The van der Waals surface area contributed by atoms with Crippen LogP contribution in [0.25, 0.3) is 11.5 Å². The lowest BCUT2D eigenvalue weighted by Gasteiger charge is -2.03. The van der Waals surface area contributed by atoms with Crippen molar-refractivity contribution in [3.05, 3.63) is 71.6 Å². The molecule has 0 aliphatic rings. The van der Waals surface area contributed by atoms with Gasteiger partial charge in [0.05, 0.1) is 0 Å². The van der Waals surface area contributed by atoms with Crippen molar-refractivity contribution >= 4 is 11.6 Å². The highest BCUT2D eigenvalue weighted by molar-refractivity contribution is 6.22. The molecule has 1 unspecified atom stereocenters. The molecule has 6 heteroatoms. The molecule has 0 spiro atoms. The third kappa shape index (κ3) is 2.78. The van der Waals surface area contributed by atoms with E-state index in [9.17, 15) is 8.78 Å². The van der Waals surface area contributed by atoms with Crippen molar-refractivity contribution in [3.63, 3.8) is 0 Å². The molecule has 21 heavy (non-hydrogen) atoms. The summed E-state index contributed by atoms with van der Waals surface area (Å²) in [6, 6.07) is 12.6. The maximum Gasteiger partial charge on any atom is 0.247 e. The summed E-state index contributed by atoms with van der Waals surface area (Å²) in [5, 5.41) is 7.07. The van der Waals surface area contributed by atoms with Crippen LogP contribution in [-0.4, -0.2) is 10.2 Å². The second-order valence-electron chi connectivity index (χ2n) is 4.35. The van der Waals surface area contributed by atoms with Crippen molar-refractivity contribution < 1.29 is 13.2 Å². The van der Waals surface area contributed by atoms with E-state index in [2.05, 4.69) is 10.2 Å². The van der Waals surface area contributed by atoms with Gasteiger partial charge in [0.1, 0.15) is 5.38 Å². The molecule has 1 atom stereocenters. The zero-order valence-electron chi connectivity index (χ0n) is 10.6. The minimum atomic E-state index is -0.974. The molecule has 0 bridgehead atoms. The van der Waals surface area contributed by atoms with E-state index in [-0.39, 0.29) is 11.8 Å². The van der Waals surface area contributed by atoms with E-state index in [0.717, 1.165) is 17.7 Å². The Morgan fingerprint density at radius 2 is 1.71 bits per heavy atom. The summed E-state index contributed by atoms with van der Waals surface area (Å²) in [5.41, 5.74) is 1.10. The van der Waals surface area contributed by atoms with Gasteiger partial charge in [-0.25, -0.2) is 8.78 Å². The third-order valence-corrected chi connectivity index (χ3v) is 3.35. The molecule has 0 saturated carbocycles. The maximum atomic E-state index is 13.2. The number of nitrogens with zero attached hydrogens (tertiary/aromatic N) is 2. The van der Waals surface area contributed by atoms with Gasteiger partial charge < -0.3 is 4.42 Å². The molecule has 1 aromatic heterocycles. The van der Waals surface area contributed by atoms with Crippen LogP contribution in [0, 0.1) is 11.6 Å². The van der Waals surface area contributed by atoms with E-state index >= 15 is 0 Å². The Bertz CT molecular complexity index is 761. The van der Waals surface area contributed by atoms with E-state index in [4.69, 9.17) is 16.0 Å². The van der Waals surface area contributed by atoms with Crippen LogP contribution in [0.5, 0.6) is 0 Å². The molecule has 3 rings (SSSR count). The fourth-order valence-corrected chi connectivity index (χ4v) is 2.08. The Morgan fingerprint density at radius 1 is 0.952 bits per heavy atom. The average Bonchev–Trinajstić information content (AvgIpc) is 3.00. The molecule has 0 N–H and O–H groups in total. The maximum absolute atomic E-state index is 13.2. The molecule has 0 amide bonds. The smallest absolute Gasteiger partial charge is 0.247 e. The molecule has 0 aliphatic carbocycles. The van der Waals surface area contributed by atoms with Crippen LogP contribution in [0.1, 0.15) is 16.8 Å². The van der Waals surface area contributed by atoms with E-state index < -0.39 is 17.0 Å². The number of benzene rings is 2. The van der Waals surface area contributed by atoms with Crippen molar-refractivity contribution in [2.75, 3.05) is 0 Å². The molecular formula is C15H9ClF2N2O. The first-order valence-electron chi connectivity index (χ1n) is 6.13. The van der Waals surface area contributed by atoms with Crippen LogP contribution in [0.3, 0.4) is 0 Å². The predicted molar refractivity (Wildman–Crippen MR) is 73.8 cm³/mol. The zero-order chi connectivity index (χ0) is 14.8. The molecule has 106 valence electrons. The van der Waals surface area contributed by atoms with Crippen molar-refractivity contribution in [2.45, 2.75) is 5.38 Å². The minimum Gasteiger partial charge on any atom is -0.419 e. The number of alkyl halides is 1. The van der Waals surface area contributed by atoms with Gasteiger partial charge in [-0.15, -0.1) is 21.8 Å². The first-order valence-corrected chi connectivity index (χ1v) is 6.56. The van der Waals surface area contributed by atoms with Gasteiger partial charge in [-0.3, -0.25) is 0 Å². The van der Waals surface area contributed by atoms with Gasteiger partial charge in [-0.05, 0) is 23.8 Å². The van der Waals surface area contributed by atoms with Crippen molar-refractivity contribution in [1.82, 2.24) is 10.2 Å². The fourth-order valence-electron chi connectivity index (χ4n) is 1.85. The highest BCUT2D eigenvalue weighted by Crippen LogP contribution is 2.30. The molecule has 1 heterocycles. The van der Waals surface area contributed by atoms with Crippen LogP contribution in [0.2, 0.25) is 0 Å². The molecular weight excluding hydrogens is 298 g/mol. The van der Waals surface area contributed by atoms with Gasteiger partial charge >= 0.3 is 0 Å². The lowest BCUT2D eigenvalue weighted by molar-refractivity contribution is 0.502. The number of hydrogen-bond donors (Lipinski definition) is 0. The predicted octanol–water partition coefficient (Wildman–Crippen LogP) is 4.34. The summed E-state index contributed by atoms with van der Waals surface area (Å²) in [6.45, 7) is 0. The lowest BCUT2D eigenvalue weighted by Crippen LogP contribution is -1.92. The van der Waals surface area contributed by atoms with E-state index in [1.807, 2.05) is 30.3 Å². The first kappa shape index (κ1) is 13.7. The number of halogens is 3. The van der Waals surface area contributed by atoms with Gasteiger partial charge in [0.25, 0.3) is 0 Å². The van der Waals surface area contributed by atoms with E-state index in [1.165, 1.54) is 6.07 Å². The Balaban J connectivity index is 1.91. The lowest BCUT2D eigenvalue weighted by atomic mass is 10.1. The molecule has 3 nitrogen and oxygen atoms in total. The van der Waals surface area contributed by atoms with E-state index in [0.29, 0.717) is 5.56 Å². The summed E-state index contributed by atoms with van der Waals surface area (Å²) < 4.78 is 31.5. The summed E-state index contributed by atoms with van der Waals surface area (Å²) in [4.78, 5) is 0. The molecule has 0 saturated heterocycles. The van der Waals surface area contributed by atoms with Gasteiger partial charge in [-0.1, -0.05) is 30.3 Å². The van der Waals surface area contributed by atoms with Gasteiger partial charge in [0, 0.05) is 5.56 Å². The summed E-state index contributed by atoms with van der Waals surface area (Å²) in [5.74, 6) is -1.62. The van der Waals surface area contributed by atoms with Crippen LogP contribution in [0.15, 0.2) is 52.9 Å². The highest BCUT2D eigenvalue weighted by Gasteiger charge is 2.19. The Labute approximate surface area is 124 Å². The monoisotopic (exact) mass is 306 g/mol. The highest BCUT2D eigenvalue weighted by atomic mass is 35.5. The van der Waals surface area contributed by atoms with Crippen LogP contribution in [0.4, 0.5) is 8.78 Å². The average molecular weight is 307 g/mol. The molecule has 0 aliphatic heterocycles. The number of rotatable bonds is 3. The molecule has 3 aromatic rings. The standard InChI is InChI=1S/C15H9ClF2N2O/c16-13(9-4-2-1-3-5-9)15-20-19-14(21-15)10-6-7-11(17)12(18)8-10/h1-8,13H. The minimum absolute atomic E-state index is 0.0884. The Kier molecular flexibility index (Phi) is 3.66. The second kappa shape index (κ2) is 5.61. The quantitative estimate of drug-likeness (QED) is 0.676. The summed E-state index contributed by atoms with van der Waals surface area (Å²) in [6.07, 6.45) is 0. The third-order valence-electron chi connectivity index (χ3n) is 2.92. The van der Waals surface area contributed by atoms with Crippen LogP contribution < -0.4 is 0 Å². The number of aromatic nitrogens is 2. The van der Waals surface area contributed by atoms with Crippen molar-refractivity contribution in [2.24, 2.45) is 0 Å². The van der Waals surface area contributed by atoms with Gasteiger partial charge in [0.2, 0.25) is 11.8 Å². The van der Waals surface area contributed by atoms with Crippen molar-refractivity contribution in [3.8, 4) is 11.5 Å². The normalized spacial score (nSPS) is 12.3. The van der Waals surface area contributed by atoms with Crippen LogP contribution >= 0.6 is 11.6 Å². The molecule has 2 aromatic carbocycles. The SMILES string of the molecule is Fc1ccc(-c2nnc(C(Cl)c3ccccc3)o2)cc1F. The molecule has 0 fully saturated rings. The van der Waals surface area contributed by atoms with E-state index in [1.54, 1.807) is 0 Å². The van der Waals surface area contributed by atoms with Crippen molar-refractivity contribution in [1.29, 1.82) is 0 Å². The first-order chi connectivity index (χ1) is 10.1. The number of hydrogen-bond acceptors (Lipinski definition) is 3. The zero-order valence-corrected chi connectivity index (χ0v) is 11.4. The fraction of sp³-hybridized carbons (Fsp3) is 0.0667. The summed E-state index contributed by atoms with van der Waals surface area (Å²) >= 11 is 6.26.